The zero-order valence-corrected chi connectivity index (χ0v) is 24.6. The summed E-state index contributed by atoms with van der Waals surface area (Å²) in [5.74, 6) is -5.91. The summed E-state index contributed by atoms with van der Waals surface area (Å²) in [5.41, 5.74) is 2.89. The number of thiazole rings is 1. The molecule has 8 N–H and O–H groups in total. The molecule has 4 rings (SSSR count). The fourth-order valence-electron chi connectivity index (χ4n) is 3.76. The van der Waals surface area contributed by atoms with Crippen molar-refractivity contribution in [2.24, 2.45) is 5.16 Å². The van der Waals surface area contributed by atoms with Crippen molar-refractivity contribution in [3.63, 3.8) is 0 Å². The van der Waals surface area contributed by atoms with Gasteiger partial charge in [-0.3, -0.25) is 14.5 Å². The minimum atomic E-state index is -4.25. The molecule has 0 bridgehead atoms. The number of sulfonamides is 1. The van der Waals surface area contributed by atoms with Crippen LogP contribution < -0.4 is 15.8 Å². The van der Waals surface area contributed by atoms with Gasteiger partial charge in [0, 0.05) is 23.7 Å². The largest absolute Gasteiger partial charge is 0.504 e. The number of amides is 2. The number of phenols is 2. The number of nitrogen functional groups attached to an aromatic ring is 1. The first-order valence-corrected chi connectivity index (χ1v) is 15.4. The van der Waals surface area contributed by atoms with Gasteiger partial charge in [0.1, 0.15) is 22.8 Å². The van der Waals surface area contributed by atoms with Crippen molar-refractivity contribution < 1.29 is 52.9 Å². The van der Waals surface area contributed by atoms with Crippen molar-refractivity contribution in [1.82, 2.24) is 19.9 Å². The molecule has 20 heteroatoms. The number of hydrogen-bond acceptors (Lipinski definition) is 14. The molecule has 2 amide bonds. The number of fused-ring (bicyclic) bond motifs is 1. The molecule has 17 nitrogen and oxygen atoms in total. The van der Waals surface area contributed by atoms with E-state index in [1.54, 1.807) is 0 Å². The number of carboxylic acids is 2. The molecule has 0 spiro atoms. The fourth-order valence-corrected chi connectivity index (χ4v) is 6.70. The van der Waals surface area contributed by atoms with Gasteiger partial charge in [-0.05, 0) is 31.6 Å². The van der Waals surface area contributed by atoms with Gasteiger partial charge in [-0.1, -0.05) is 5.16 Å². The molecule has 1 aromatic heterocycles. The number of oxime groups is 1. The first kappa shape index (κ1) is 31.5. The molecule has 1 fully saturated rings. The highest BCUT2D eigenvalue weighted by molar-refractivity contribution is 8.00. The van der Waals surface area contributed by atoms with Crippen molar-refractivity contribution in [3.8, 4) is 11.5 Å². The third-order valence-corrected chi connectivity index (χ3v) is 9.54. The Kier molecular flexibility index (Phi) is 8.58. The second kappa shape index (κ2) is 11.7. The smallest absolute Gasteiger partial charge is 0.352 e. The molecule has 1 saturated heterocycles. The highest BCUT2D eigenvalue weighted by Gasteiger charge is 2.54. The summed E-state index contributed by atoms with van der Waals surface area (Å²) < 4.78 is 27.6. The number of β-lactam (4-membered cyclic amide) rings is 1. The van der Waals surface area contributed by atoms with Crippen LogP contribution in [0.25, 0.3) is 0 Å². The lowest BCUT2D eigenvalue weighted by atomic mass is 10.0. The second-order valence-corrected chi connectivity index (χ2v) is 13.3. The summed E-state index contributed by atoms with van der Waals surface area (Å²) in [7, 11) is -4.25. The summed E-state index contributed by atoms with van der Waals surface area (Å²) in [6.45, 7) is 1.90. The Hall–Kier alpha value is -4.40. The van der Waals surface area contributed by atoms with E-state index in [1.165, 1.54) is 19.2 Å². The number of aliphatic carboxylic acids is 2. The van der Waals surface area contributed by atoms with E-state index in [9.17, 15) is 48.0 Å². The number of aromatic nitrogens is 1. The number of thioether (sulfide) groups is 1. The summed E-state index contributed by atoms with van der Waals surface area (Å²) >= 11 is 2.03. The van der Waals surface area contributed by atoms with Crippen LogP contribution in [0, 0.1) is 0 Å². The number of carboxylic acid groups (broad SMARTS) is 2. The van der Waals surface area contributed by atoms with Gasteiger partial charge in [-0.15, -0.1) is 23.1 Å². The molecule has 2 atom stereocenters. The van der Waals surface area contributed by atoms with Gasteiger partial charge < -0.3 is 36.3 Å². The topological polar surface area (TPSA) is 271 Å². The maximum absolute atomic E-state index is 13.2. The van der Waals surface area contributed by atoms with Gasteiger partial charge >= 0.3 is 11.9 Å². The van der Waals surface area contributed by atoms with Crippen molar-refractivity contribution in [1.29, 1.82) is 0 Å². The predicted octanol–water partition coefficient (Wildman–Crippen LogP) is -0.562. The number of nitrogens with one attached hydrogen (secondary N) is 2. The lowest BCUT2D eigenvalue weighted by Crippen LogP contribution is -2.71. The highest BCUT2D eigenvalue weighted by atomic mass is 32.2. The third kappa shape index (κ3) is 6.35. The molecule has 230 valence electrons. The number of hydrogen-bond donors (Lipinski definition) is 7. The number of carbonyl (C=O) groups is 4. The monoisotopic (exact) mass is 656 g/mol. The van der Waals surface area contributed by atoms with Gasteiger partial charge in [0.15, 0.2) is 22.3 Å². The molecule has 1 aromatic carbocycles. The summed E-state index contributed by atoms with van der Waals surface area (Å²) in [4.78, 5) is 59.3. The summed E-state index contributed by atoms with van der Waals surface area (Å²) in [6.07, 6.45) is 0. The average molecular weight is 657 g/mol. The second-order valence-electron chi connectivity index (χ2n) is 9.51. The van der Waals surface area contributed by atoms with E-state index in [0.717, 1.165) is 46.2 Å². The Labute approximate surface area is 251 Å². The Morgan fingerprint density at radius 1 is 1.23 bits per heavy atom. The zero-order chi connectivity index (χ0) is 31.9. The highest BCUT2D eigenvalue weighted by Crippen LogP contribution is 2.40. The van der Waals surface area contributed by atoms with Gasteiger partial charge in [0.25, 0.3) is 11.8 Å². The van der Waals surface area contributed by atoms with Crippen LogP contribution in [0.4, 0.5) is 5.13 Å². The van der Waals surface area contributed by atoms with E-state index in [4.69, 9.17) is 10.6 Å². The van der Waals surface area contributed by atoms with E-state index >= 15 is 0 Å². The molecule has 43 heavy (non-hydrogen) atoms. The number of phenolic OH excluding ortho intramolecular Hbond substituents is 2. The molecule has 0 radical (unpaired) electrons. The number of nitrogens with zero attached hydrogens (tertiary/aromatic N) is 3. The van der Waals surface area contributed by atoms with Crippen molar-refractivity contribution in [3.05, 3.63) is 40.5 Å². The summed E-state index contributed by atoms with van der Waals surface area (Å²) in [6, 6.07) is 1.60. The van der Waals surface area contributed by atoms with Gasteiger partial charge in [-0.25, -0.2) is 27.7 Å². The molecular weight excluding hydrogens is 632 g/mol. The Bertz CT molecular complexity index is 1680. The first-order valence-electron chi connectivity index (χ1n) is 12.0. The predicted molar refractivity (Wildman–Crippen MR) is 151 cm³/mol. The van der Waals surface area contributed by atoms with E-state index in [1.807, 2.05) is 0 Å². The van der Waals surface area contributed by atoms with E-state index in [0.29, 0.717) is 0 Å². The van der Waals surface area contributed by atoms with E-state index in [2.05, 4.69) is 20.2 Å². The number of nitrogens with two attached hydrogens (primary N) is 1. The standard InChI is InChI=1S/C23H24N6O11S3/c1-23(2,21(36)37)40-28-14(11-8-42-22(24)26-11)17(32)27-15-18(33)29-16(20(34)35)9(7-41-19(15)29)6-25-43(38,39)10-3-4-12(30)13(31)5-10/h3-5,8,15,19,25,30-31H,6-7H2,1-2H3,(H2,24,26)(H,27,32)(H,34,35)(H,36,37)/b28-14-/t15-,19-/m1/s1. The van der Waals surface area contributed by atoms with Crippen LogP contribution in [0.2, 0.25) is 0 Å². The molecule has 2 aliphatic rings. The fraction of sp³-hybridized carbons (Fsp3) is 0.304. The van der Waals surface area contributed by atoms with Crippen molar-refractivity contribution >= 4 is 67.7 Å². The molecule has 0 saturated carbocycles. The van der Waals surface area contributed by atoms with Crippen LogP contribution in [0.5, 0.6) is 11.5 Å². The Balaban J connectivity index is 1.52. The number of rotatable bonds is 11. The van der Waals surface area contributed by atoms with E-state index in [-0.39, 0.29) is 27.0 Å². The van der Waals surface area contributed by atoms with Crippen LogP contribution in [-0.2, 0) is 34.0 Å². The molecule has 3 heterocycles. The minimum Gasteiger partial charge on any atom is -0.504 e. The minimum absolute atomic E-state index is 0.0364. The molecule has 2 aliphatic heterocycles. The lowest BCUT2D eigenvalue weighted by molar-refractivity contribution is -0.161. The quantitative estimate of drug-likeness (QED) is 0.0691. The molecule has 2 aromatic rings. The number of anilines is 1. The Morgan fingerprint density at radius 3 is 2.51 bits per heavy atom. The SMILES string of the molecule is CC(C)(O/N=C(\C(=O)N[C@@H]1C(=O)N2C(C(=O)O)=C(CNS(=O)(=O)c3ccc(O)c(O)c3)CS[C@H]12)c1csc(N)n1)C(=O)O. The van der Waals surface area contributed by atoms with Gasteiger partial charge in [0.2, 0.25) is 15.6 Å². The number of carbonyl (C=O) groups excluding carboxylic acids is 2. The van der Waals surface area contributed by atoms with E-state index < -0.39 is 80.2 Å². The van der Waals surface area contributed by atoms with Crippen LogP contribution in [0.1, 0.15) is 19.5 Å². The number of aromatic hydroxyl groups is 2. The normalized spacial score (nSPS) is 19.0. The maximum atomic E-state index is 13.2. The lowest BCUT2D eigenvalue weighted by Gasteiger charge is -2.49. The Morgan fingerprint density at radius 2 is 1.93 bits per heavy atom. The average Bonchev–Trinajstić information content (AvgIpc) is 3.36. The maximum Gasteiger partial charge on any atom is 0.352 e. The first-order chi connectivity index (χ1) is 20.0. The van der Waals surface area contributed by atoms with Gasteiger partial charge in [-0.2, -0.15) is 0 Å². The van der Waals surface area contributed by atoms with Crippen LogP contribution in [0.3, 0.4) is 0 Å². The number of benzene rings is 1. The van der Waals surface area contributed by atoms with Crippen molar-refractivity contribution in [2.75, 3.05) is 18.0 Å². The van der Waals surface area contributed by atoms with Crippen LogP contribution in [-0.4, -0.2) is 97.5 Å². The third-order valence-electron chi connectivity index (χ3n) is 6.13. The molecule has 0 aliphatic carbocycles. The van der Waals surface area contributed by atoms with Crippen LogP contribution >= 0.6 is 23.1 Å². The zero-order valence-electron chi connectivity index (χ0n) is 22.2. The van der Waals surface area contributed by atoms with Gasteiger partial charge in [0.05, 0.1) is 4.90 Å². The van der Waals surface area contributed by atoms with Crippen LogP contribution in [0.15, 0.2) is 44.9 Å². The molecule has 0 unspecified atom stereocenters. The van der Waals surface area contributed by atoms with Crippen molar-refractivity contribution in [2.45, 2.75) is 35.8 Å². The molecular formula is C23H24N6O11S3. The summed E-state index contributed by atoms with van der Waals surface area (Å²) in [5, 5.41) is 44.9.